The molecule has 0 unspecified atom stereocenters. The second kappa shape index (κ2) is 1.26. The van der Waals surface area contributed by atoms with Crippen molar-refractivity contribution in [3.8, 4) is 0 Å². The number of hydrogen-bond donors (Lipinski definition) is 1. The summed E-state index contributed by atoms with van der Waals surface area (Å²) >= 11 is 0. The van der Waals surface area contributed by atoms with Crippen molar-refractivity contribution in [2.75, 3.05) is 0 Å². The molecule has 0 bridgehead atoms. The minimum Gasteiger partial charge on any atom is -0.279 e. The lowest BCUT2D eigenvalue weighted by molar-refractivity contribution is -0.116. The first-order valence-electron chi connectivity index (χ1n) is 1.98. The Morgan fingerprint density at radius 1 is 1.86 bits per heavy atom. The standard InChI is InChI=1S/C4H5N2O/c1-3-2-4(7)6-5-3/h2,5H,1H3. The summed E-state index contributed by atoms with van der Waals surface area (Å²) in [6, 6.07) is 0. The number of rotatable bonds is 0. The van der Waals surface area contributed by atoms with Crippen molar-refractivity contribution in [2.45, 2.75) is 6.92 Å². The SMILES string of the molecule is CC1=CC(=O)[N]N1. The Kier molecular flexibility index (Phi) is 0.749. The molecule has 0 saturated carbocycles. The molecule has 0 aromatic carbocycles. The quantitative estimate of drug-likeness (QED) is 0.444. The highest BCUT2D eigenvalue weighted by Crippen LogP contribution is 1.90. The van der Waals surface area contributed by atoms with Crippen LogP contribution in [0.5, 0.6) is 0 Å². The van der Waals surface area contributed by atoms with Crippen LogP contribution in [0, 0.1) is 0 Å². The number of hydrogen-bond acceptors (Lipinski definition) is 2. The molecule has 0 fully saturated rings. The molecule has 1 radical (unpaired) electrons. The third kappa shape index (κ3) is 0.707. The van der Waals surface area contributed by atoms with Crippen molar-refractivity contribution in [3.05, 3.63) is 11.8 Å². The molecule has 7 heavy (non-hydrogen) atoms. The highest BCUT2D eigenvalue weighted by Gasteiger charge is 2.05. The molecule has 1 heterocycles. The van der Waals surface area contributed by atoms with Gasteiger partial charge in [-0.05, 0) is 6.92 Å². The molecular weight excluding hydrogens is 92.1 g/mol. The van der Waals surface area contributed by atoms with Crippen molar-refractivity contribution in [1.82, 2.24) is 10.9 Å². The van der Waals surface area contributed by atoms with Gasteiger partial charge in [0, 0.05) is 11.8 Å². The monoisotopic (exact) mass is 97.0 g/mol. The van der Waals surface area contributed by atoms with Crippen molar-refractivity contribution in [1.29, 1.82) is 0 Å². The predicted molar refractivity (Wildman–Crippen MR) is 24.0 cm³/mol. The van der Waals surface area contributed by atoms with Crippen LogP contribution in [-0.4, -0.2) is 5.91 Å². The Morgan fingerprint density at radius 3 is 2.71 bits per heavy atom. The normalized spacial score (nSPS) is 17.9. The maximum atomic E-state index is 10.1. The molecule has 1 N–H and O–H groups in total. The third-order valence-electron chi connectivity index (χ3n) is 0.682. The molecule has 0 aromatic heterocycles. The van der Waals surface area contributed by atoms with Crippen LogP contribution in [-0.2, 0) is 4.79 Å². The minimum atomic E-state index is -0.197. The molecular formula is C4H5N2O. The fourth-order valence-electron chi connectivity index (χ4n) is 0.393. The molecule has 0 spiro atoms. The molecule has 3 nitrogen and oxygen atoms in total. The van der Waals surface area contributed by atoms with Gasteiger partial charge in [-0.15, -0.1) is 5.43 Å². The summed E-state index contributed by atoms with van der Waals surface area (Å²) in [4.78, 5) is 10.1. The fraction of sp³-hybridized carbons (Fsp3) is 0.250. The predicted octanol–water partition coefficient (Wildman–Crippen LogP) is -0.461. The molecule has 37 valence electrons. The van der Waals surface area contributed by atoms with E-state index in [9.17, 15) is 4.79 Å². The summed E-state index contributed by atoms with van der Waals surface area (Å²) in [6.07, 6.45) is 1.44. The van der Waals surface area contributed by atoms with Crippen LogP contribution in [0.3, 0.4) is 0 Å². The lowest BCUT2D eigenvalue weighted by Crippen LogP contribution is -2.18. The van der Waals surface area contributed by atoms with Gasteiger partial charge in [0.05, 0.1) is 0 Å². The smallest absolute Gasteiger partial charge is 0.279 e. The fourth-order valence-corrected chi connectivity index (χ4v) is 0.393. The van der Waals surface area contributed by atoms with E-state index in [0.717, 1.165) is 5.70 Å². The Hall–Kier alpha value is -0.990. The van der Waals surface area contributed by atoms with Crippen molar-refractivity contribution in [2.24, 2.45) is 0 Å². The van der Waals surface area contributed by atoms with Gasteiger partial charge in [-0.25, -0.2) is 0 Å². The van der Waals surface area contributed by atoms with E-state index in [1.54, 1.807) is 6.92 Å². The van der Waals surface area contributed by atoms with Gasteiger partial charge in [-0.2, -0.15) is 0 Å². The molecule has 1 rings (SSSR count). The number of carbonyl (C=O) groups excluding carboxylic acids is 1. The molecule has 1 aliphatic rings. The molecule has 0 saturated heterocycles. The number of allylic oxidation sites excluding steroid dienone is 1. The van der Waals surface area contributed by atoms with E-state index < -0.39 is 0 Å². The van der Waals surface area contributed by atoms with Crippen LogP contribution in [0.25, 0.3) is 0 Å². The summed E-state index contributed by atoms with van der Waals surface area (Å²) in [7, 11) is 0. The first kappa shape index (κ1) is 4.18. The molecule has 1 aliphatic heterocycles. The lowest BCUT2D eigenvalue weighted by Gasteiger charge is -1.86. The summed E-state index contributed by atoms with van der Waals surface area (Å²) in [5, 5.41) is 0. The zero-order valence-electron chi connectivity index (χ0n) is 3.93. The molecule has 0 aliphatic carbocycles. The van der Waals surface area contributed by atoms with Gasteiger partial charge in [-0.1, -0.05) is 0 Å². The average Bonchev–Trinajstić information content (AvgIpc) is 1.87. The summed E-state index contributed by atoms with van der Waals surface area (Å²) in [5.41, 5.74) is 6.65. The van der Waals surface area contributed by atoms with Crippen LogP contribution in [0.4, 0.5) is 0 Å². The Morgan fingerprint density at radius 2 is 2.57 bits per heavy atom. The summed E-state index contributed by atoms with van der Waals surface area (Å²) in [5.74, 6) is -0.197. The van der Waals surface area contributed by atoms with Crippen LogP contribution in [0.2, 0.25) is 0 Å². The van der Waals surface area contributed by atoms with E-state index in [4.69, 9.17) is 0 Å². The Labute approximate surface area is 41.4 Å². The number of amides is 1. The summed E-state index contributed by atoms with van der Waals surface area (Å²) in [6.45, 7) is 1.79. The maximum Gasteiger partial charge on any atom is 0.288 e. The van der Waals surface area contributed by atoms with Gasteiger partial charge in [-0.3, -0.25) is 10.2 Å². The number of nitrogens with zero attached hydrogens (tertiary/aromatic N) is 1. The van der Waals surface area contributed by atoms with Gasteiger partial charge < -0.3 is 0 Å². The van der Waals surface area contributed by atoms with Crippen LogP contribution in [0.1, 0.15) is 6.92 Å². The van der Waals surface area contributed by atoms with E-state index in [2.05, 4.69) is 10.9 Å². The van der Waals surface area contributed by atoms with Gasteiger partial charge >= 0.3 is 0 Å². The van der Waals surface area contributed by atoms with Crippen molar-refractivity contribution in [3.63, 3.8) is 0 Å². The van der Waals surface area contributed by atoms with E-state index in [0.29, 0.717) is 0 Å². The zero-order valence-corrected chi connectivity index (χ0v) is 3.93. The van der Waals surface area contributed by atoms with E-state index >= 15 is 0 Å². The maximum absolute atomic E-state index is 10.1. The zero-order chi connectivity index (χ0) is 5.28. The van der Waals surface area contributed by atoms with Gasteiger partial charge in [0.15, 0.2) is 0 Å². The van der Waals surface area contributed by atoms with Crippen LogP contribution >= 0.6 is 0 Å². The van der Waals surface area contributed by atoms with Crippen LogP contribution in [0.15, 0.2) is 11.8 Å². The molecule has 1 amide bonds. The third-order valence-corrected chi connectivity index (χ3v) is 0.682. The van der Waals surface area contributed by atoms with Gasteiger partial charge in [0.1, 0.15) is 0 Å². The van der Waals surface area contributed by atoms with Crippen molar-refractivity contribution < 1.29 is 4.79 Å². The Bertz CT molecular complexity index is 128. The van der Waals surface area contributed by atoms with Gasteiger partial charge in [0.25, 0.3) is 5.91 Å². The number of carbonyl (C=O) groups is 1. The number of nitrogens with one attached hydrogen (secondary N) is 1. The van der Waals surface area contributed by atoms with E-state index in [1.807, 2.05) is 0 Å². The van der Waals surface area contributed by atoms with Crippen LogP contribution < -0.4 is 10.9 Å². The topological polar surface area (TPSA) is 43.2 Å². The Balaban J connectivity index is 2.67. The molecule has 0 aromatic rings. The minimum absolute atomic E-state index is 0.197. The van der Waals surface area contributed by atoms with E-state index in [1.165, 1.54) is 6.08 Å². The lowest BCUT2D eigenvalue weighted by atomic mass is 10.5. The second-order valence-corrected chi connectivity index (χ2v) is 1.39. The highest BCUT2D eigenvalue weighted by molar-refractivity contribution is 5.89. The average molecular weight is 97.1 g/mol. The van der Waals surface area contributed by atoms with E-state index in [-0.39, 0.29) is 5.91 Å². The second-order valence-electron chi connectivity index (χ2n) is 1.39. The molecule has 0 atom stereocenters. The van der Waals surface area contributed by atoms with Crippen molar-refractivity contribution >= 4 is 5.91 Å². The molecule has 3 heteroatoms. The largest absolute Gasteiger partial charge is 0.288 e. The highest BCUT2D eigenvalue weighted by atomic mass is 16.2. The van der Waals surface area contributed by atoms with Gasteiger partial charge in [0.2, 0.25) is 0 Å². The summed E-state index contributed by atoms with van der Waals surface area (Å²) < 4.78 is 0. The first-order valence-corrected chi connectivity index (χ1v) is 1.98. The first-order chi connectivity index (χ1) is 3.29.